The Morgan fingerprint density at radius 1 is 1.11 bits per heavy atom. The smallest absolute Gasteiger partial charge is 0.261 e. The zero-order valence-corrected chi connectivity index (χ0v) is 15.5. The van der Waals surface area contributed by atoms with E-state index in [1.54, 1.807) is 17.0 Å². The Labute approximate surface area is 158 Å². The van der Waals surface area contributed by atoms with Gasteiger partial charge in [0.15, 0.2) is 0 Å². The van der Waals surface area contributed by atoms with Crippen LogP contribution in [0.4, 0.5) is 5.69 Å². The summed E-state index contributed by atoms with van der Waals surface area (Å²) in [6.07, 6.45) is 4.94. The molecule has 4 rings (SSSR count). The molecule has 0 aliphatic carbocycles. The number of hydrogen-bond donors (Lipinski definition) is 0. The average Bonchev–Trinajstić information content (AvgIpc) is 2.90. The third-order valence-corrected chi connectivity index (χ3v) is 5.28. The lowest BCUT2D eigenvalue weighted by Crippen LogP contribution is -2.33. The maximum absolute atomic E-state index is 12.9. The van der Waals surface area contributed by atoms with Gasteiger partial charge in [0.2, 0.25) is 5.91 Å². The number of anilines is 1. The third kappa shape index (κ3) is 3.37. The van der Waals surface area contributed by atoms with Crippen LogP contribution >= 0.6 is 0 Å². The van der Waals surface area contributed by atoms with Gasteiger partial charge in [-0.3, -0.25) is 14.2 Å². The average molecular weight is 361 g/mol. The summed E-state index contributed by atoms with van der Waals surface area (Å²) in [5.41, 5.74) is 3.86. The molecule has 27 heavy (non-hydrogen) atoms. The Bertz CT molecular complexity index is 1050. The van der Waals surface area contributed by atoms with Crippen molar-refractivity contribution in [3.05, 3.63) is 70.3 Å². The van der Waals surface area contributed by atoms with Crippen LogP contribution in [-0.4, -0.2) is 22.0 Å². The molecule has 0 fully saturated rings. The standard InChI is InChI=1S/C22H23N3O2/c1-16-7-6-10-18-21(16)23-15-24(22(18)27)14-12-20(26)25-13-5-4-9-17-8-2-3-11-19(17)25/h2-3,6-8,10-11,15H,4-5,9,12-14H2,1H3. The number of aryl methyl sites for hydroxylation is 3. The van der Waals surface area contributed by atoms with Crippen molar-refractivity contribution in [3.63, 3.8) is 0 Å². The molecule has 5 heteroatoms. The second-order valence-corrected chi connectivity index (χ2v) is 7.10. The molecule has 0 N–H and O–H groups in total. The molecule has 0 unspecified atom stereocenters. The summed E-state index contributed by atoms with van der Waals surface area (Å²) in [6, 6.07) is 13.7. The van der Waals surface area contributed by atoms with Crippen LogP contribution in [-0.2, 0) is 17.8 Å². The number of para-hydroxylation sites is 2. The number of hydrogen-bond acceptors (Lipinski definition) is 3. The molecule has 1 amide bonds. The minimum Gasteiger partial charge on any atom is -0.312 e. The molecular formula is C22H23N3O2. The van der Waals surface area contributed by atoms with Crippen molar-refractivity contribution >= 4 is 22.5 Å². The maximum Gasteiger partial charge on any atom is 0.261 e. The highest BCUT2D eigenvalue weighted by atomic mass is 16.2. The number of carbonyl (C=O) groups is 1. The quantitative estimate of drug-likeness (QED) is 0.718. The van der Waals surface area contributed by atoms with Gasteiger partial charge in [-0.05, 0) is 49.4 Å². The van der Waals surface area contributed by atoms with Gasteiger partial charge in [0, 0.05) is 25.2 Å². The van der Waals surface area contributed by atoms with E-state index in [1.165, 1.54) is 5.56 Å². The number of benzene rings is 2. The molecule has 1 aromatic heterocycles. The summed E-state index contributed by atoms with van der Waals surface area (Å²) in [6.45, 7) is 3.02. The van der Waals surface area contributed by atoms with Crippen molar-refractivity contribution < 1.29 is 4.79 Å². The predicted octanol–water partition coefficient (Wildman–Crippen LogP) is 3.46. The first-order valence-corrected chi connectivity index (χ1v) is 9.48. The summed E-state index contributed by atoms with van der Waals surface area (Å²) in [5.74, 6) is 0.0561. The molecule has 0 saturated carbocycles. The monoisotopic (exact) mass is 361 g/mol. The highest BCUT2D eigenvalue weighted by Crippen LogP contribution is 2.26. The van der Waals surface area contributed by atoms with Gasteiger partial charge in [-0.15, -0.1) is 0 Å². The lowest BCUT2D eigenvalue weighted by atomic mass is 10.1. The first-order chi connectivity index (χ1) is 13.1. The Morgan fingerprint density at radius 2 is 1.96 bits per heavy atom. The Kier molecular flexibility index (Phi) is 4.75. The summed E-state index contributed by atoms with van der Waals surface area (Å²) in [4.78, 5) is 31.9. The molecule has 0 atom stereocenters. The van der Waals surface area contributed by atoms with Crippen LogP contribution in [0.25, 0.3) is 10.9 Å². The third-order valence-electron chi connectivity index (χ3n) is 5.28. The molecule has 3 aromatic rings. The van der Waals surface area contributed by atoms with Gasteiger partial charge >= 0.3 is 0 Å². The van der Waals surface area contributed by atoms with Crippen molar-refractivity contribution in [1.82, 2.24) is 9.55 Å². The van der Waals surface area contributed by atoms with Crippen LogP contribution in [0.1, 0.15) is 30.4 Å². The molecule has 2 aromatic carbocycles. The lowest BCUT2D eigenvalue weighted by molar-refractivity contribution is -0.118. The molecule has 0 spiro atoms. The van der Waals surface area contributed by atoms with Gasteiger partial charge < -0.3 is 4.90 Å². The molecule has 138 valence electrons. The van der Waals surface area contributed by atoms with E-state index < -0.39 is 0 Å². The van der Waals surface area contributed by atoms with E-state index in [0.717, 1.165) is 42.6 Å². The van der Waals surface area contributed by atoms with E-state index in [4.69, 9.17) is 0 Å². The van der Waals surface area contributed by atoms with Gasteiger partial charge in [-0.1, -0.05) is 30.3 Å². The van der Waals surface area contributed by atoms with Crippen LogP contribution in [0.2, 0.25) is 0 Å². The minimum atomic E-state index is -0.0900. The maximum atomic E-state index is 12.9. The minimum absolute atomic E-state index is 0.0561. The second kappa shape index (κ2) is 7.35. The fraction of sp³-hybridized carbons (Fsp3) is 0.318. The van der Waals surface area contributed by atoms with Crippen molar-refractivity contribution in [2.24, 2.45) is 0 Å². The van der Waals surface area contributed by atoms with Crippen LogP contribution < -0.4 is 10.5 Å². The van der Waals surface area contributed by atoms with Crippen LogP contribution in [0.15, 0.2) is 53.6 Å². The van der Waals surface area contributed by atoms with E-state index in [-0.39, 0.29) is 17.9 Å². The van der Waals surface area contributed by atoms with E-state index in [2.05, 4.69) is 11.1 Å². The number of rotatable bonds is 3. The number of fused-ring (bicyclic) bond motifs is 2. The Balaban J connectivity index is 1.56. The molecule has 5 nitrogen and oxygen atoms in total. The Morgan fingerprint density at radius 3 is 2.85 bits per heavy atom. The predicted molar refractivity (Wildman–Crippen MR) is 107 cm³/mol. The molecule has 0 saturated heterocycles. The fourth-order valence-electron chi connectivity index (χ4n) is 3.80. The SMILES string of the molecule is Cc1cccc2c(=O)n(CCC(=O)N3CCCCc4ccccc43)cnc12. The molecule has 2 heterocycles. The van der Waals surface area contributed by atoms with Crippen molar-refractivity contribution in [3.8, 4) is 0 Å². The number of amides is 1. The Hall–Kier alpha value is -2.95. The fourth-order valence-corrected chi connectivity index (χ4v) is 3.80. The van der Waals surface area contributed by atoms with Crippen LogP contribution in [0, 0.1) is 6.92 Å². The molecule has 0 bridgehead atoms. The summed E-state index contributed by atoms with van der Waals surface area (Å²) in [7, 11) is 0. The van der Waals surface area contributed by atoms with E-state index in [0.29, 0.717) is 11.9 Å². The van der Waals surface area contributed by atoms with Crippen LogP contribution in [0.5, 0.6) is 0 Å². The van der Waals surface area contributed by atoms with E-state index in [9.17, 15) is 9.59 Å². The van der Waals surface area contributed by atoms with Crippen molar-refractivity contribution in [1.29, 1.82) is 0 Å². The largest absolute Gasteiger partial charge is 0.312 e. The van der Waals surface area contributed by atoms with Gasteiger partial charge in [0.25, 0.3) is 5.56 Å². The van der Waals surface area contributed by atoms with Gasteiger partial charge in [0.1, 0.15) is 0 Å². The highest BCUT2D eigenvalue weighted by molar-refractivity contribution is 5.94. The molecule has 1 aliphatic heterocycles. The molecular weight excluding hydrogens is 338 g/mol. The van der Waals surface area contributed by atoms with Crippen LogP contribution in [0.3, 0.4) is 0 Å². The normalized spacial score (nSPS) is 14.0. The lowest BCUT2D eigenvalue weighted by Gasteiger charge is -2.23. The number of carbonyl (C=O) groups excluding carboxylic acids is 1. The van der Waals surface area contributed by atoms with Gasteiger partial charge in [0.05, 0.1) is 17.2 Å². The molecule has 0 radical (unpaired) electrons. The number of nitrogens with zero attached hydrogens (tertiary/aromatic N) is 3. The number of aromatic nitrogens is 2. The topological polar surface area (TPSA) is 55.2 Å². The zero-order valence-electron chi connectivity index (χ0n) is 15.5. The van der Waals surface area contributed by atoms with Gasteiger partial charge in [-0.2, -0.15) is 0 Å². The van der Waals surface area contributed by atoms with E-state index in [1.807, 2.05) is 42.2 Å². The first-order valence-electron chi connectivity index (χ1n) is 9.48. The summed E-state index contributed by atoms with van der Waals surface area (Å²) >= 11 is 0. The summed E-state index contributed by atoms with van der Waals surface area (Å²) in [5, 5.41) is 0.602. The second-order valence-electron chi connectivity index (χ2n) is 7.10. The van der Waals surface area contributed by atoms with Crippen molar-refractivity contribution in [2.45, 2.75) is 39.2 Å². The van der Waals surface area contributed by atoms with Gasteiger partial charge in [-0.25, -0.2) is 4.98 Å². The van der Waals surface area contributed by atoms with Crippen molar-refractivity contribution in [2.75, 3.05) is 11.4 Å². The molecule has 1 aliphatic rings. The summed E-state index contributed by atoms with van der Waals surface area (Å²) < 4.78 is 1.55. The highest BCUT2D eigenvalue weighted by Gasteiger charge is 2.20. The first kappa shape index (κ1) is 17.5. The van der Waals surface area contributed by atoms with E-state index >= 15 is 0 Å². The zero-order chi connectivity index (χ0) is 18.8.